The number of benzene rings is 2. The number of ether oxygens (including phenoxy) is 2. The van der Waals surface area contributed by atoms with Crippen molar-refractivity contribution in [3.8, 4) is 5.75 Å². The first-order valence-electron chi connectivity index (χ1n) is 17.3. The van der Waals surface area contributed by atoms with E-state index in [0.717, 1.165) is 69.3 Å². The van der Waals surface area contributed by atoms with Crippen LogP contribution in [0.5, 0.6) is 5.75 Å². The highest BCUT2D eigenvalue weighted by atomic mass is 35.5. The van der Waals surface area contributed by atoms with Gasteiger partial charge in [0.1, 0.15) is 12.4 Å². The Kier molecular flexibility index (Phi) is 10.7. The van der Waals surface area contributed by atoms with Gasteiger partial charge in [0.15, 0.2) is 0 Å². The van der Waals surface area contributed by atoms with Gasteiger partial charge in [0.25, 0.3) is 5.91 Å². The smallest absolute Gasteiger partial charge is 0.264 e. The third kappa shape index (κ3) is 7.75. The number of sulfonamides is 1. The maximum Gasteiger partial charge on any atom is 0.264 e. The molecule has 11 heteroatoms. The number of hydrogen-bond donors (Lipinski definition) is 1. The normalized spacial score (nSPS) is 28.7. The summed E-state index contributed by atoms with van der Waals surface area (Å²) in [5, 5.41) is -0.0610. The molecule has 1 saturated heterocycles. The second-order valence-electron chi connectivity index (χ2n) is 13.9. The van der Waals surface area contributed by atoms with Crippen molar-refractivity contribution in [2.24, 2.45) is 23.7 Å². The van der Waals surface area contributed by atoms with E-state index in [1.165, 1.54) is 5.56 Å². The minimum atomic E-state index is -3.94. The summed E-state index contributed by atoms with van der Waals surface area (Å²) < 4.78 is 41.2. The van der Waals surface area contributed by atoms with Gasteiger partial charge in [-0.05, 0) is 111 Å². The Morgan fingerprint density at radius 1 is 0.936 bits per heavy atom. The zero-order valence-electron chi connectivity index (χ0n) is 27.6. The predicted molar refractivity (Wildman–Crippen MR) is 183 cm³/mol. The molecule has 6 rings (SSSR count). The highest BCUT2D eigenvalue weighted by molar-refractivity contribution is 7.90. The molecule has 5 atom stereocenters. The fourth-order valence-electron chi connectivity index (χ4n) is 7.73. The number of nitrogens with one attached hydrogen (secondary N) is 1. The fraction of sp³-hybridized carbons (Fsp3) is 0.611. The lowest BCUT2D eigenvalue weighted by Crippen LogP contribution is -2.50. The molecule has 0 spiro atoms. The van der Waals surface area contributed by atoms with Crippen LogP contribution in [0.4, 0.5) is 5.69 Å². The third-order valence-corrected chi connectivity index (χ3v) is 13.2. The maximum absolute atomic E-state index is 14.1. The van der Waals surface area contributed by atoms with Gasteiger partial charge in [0, 0.05) is 42.7 Å². The van der Waals surface area contributed by atoms with E-state index >= 15 is 0 Å². The van der Waals surface area contributed by atoms with Crippen molar-refractivity contribution < 1.29 is 27.5 Å². The Labute approximate surface area is 284 Å². The van der Waals surface area contributed by atoms with Crippen molar-refractivity contribution in [3.05, 3.63) is 58.1 Å². The Morgan fingerprint density at radius 3 is 2.51 bits per heavy atom. The molecule has 0 aromatic heterocycles. The van der Waals surface area contributed by atoms with Crippen LogP contribution < -0.4 is 14.4 Å². The molecule has 4 unspecified atom stereocenters. The summed E-state index contributed by atoms with van der Waals surface area (Å²) in [7, 11) is -3.94. The summed E-state index contributed by atoms with van der Waals surface area (Å²) in [5.41, 5.74) is 3.30. The highest BCUT2D eigenvalue weighted by Gasteiger charge is 2.43. The second kappa shape index (κ2) is 14.7. The van der Waals surface area contributed by atoms with E-state index < -0.39 is 21.2 Å². The Morgan fingerprint density at radius 2 is 1.74 bits per heavy atom. The molecule has 2 bridgehead atoms. The summed E-state index contributed by atoms with van der Waals surface area (Å²) in [6, 6.07) is 11.1. The molecule has 2 aromatic carbocycles. The lowest BCUT2D eigenvalue weighted by molar-refractivity contribution is -0.144. The Balaban J connectivity index is 1.37. The number of halogens is 1. The summed E-state index contributed by atoms with van der Waals surface area (Å²) in [4.78, 5) is 31.8. The van der Waals surface area contributed by atoms with Gasteiger partial charge in [-0.25, -0.2) is 13.1 Å². The van der Waals surface area contributed by atoms with E-state index in [4.69, 9.17) is 21.1 Å². The molecule has 2 amide bonds. The van der Waals surface area contributed by atoms with Gasteiger partial charge in [-0.2, -0.15) is 0 Å². The van der Waals surface area contributed by atoms with E-state index in [1.807, 2.05) is 30.0 Å². The molecule has 3 heterocycles. The number of hydrogen-bond acceptors (Lipinski definition) is 7. The highest BCUT2D eigenvalue weighted by Crippen LogP contribution is 2.45. The first-order chi connectivity index (χ1) is 22.6. The van der Waals surface area contributed by atoms with Crippen molar-refractivity contribution in [2.45, 2.75) is 77.1 Å². The predicted octanol–water partition coefficient (Wildman–Crippen LogP) is 5.83. The van der Waals surface area contributed by atoms with E-state index in [9.17, 15) is 18.0 Å². The number of aryl methyl sites for hydroxylation is 1. The van der Waals surface area contributed by atoms with E-state index in [0.29, 0.717) is 56.0 Å². The number of carbonyl (C=O) groups is 2. The lowest BCUT2D eigenvalue weighted by Gasteiger charge is -2.46. The molecule has 256 valence electrons. The molecule has 9 nitrogen and oxygen atoms in total. The number of rotatable bonds is 1. The number of morpholine rings is 1. The quantitative estimate of drug-likeness (QED) is 0.403. The first-order valence-corrected chi connectivity index (χ1v) is 19.2. The number of fused-ring (bicyclic) bond motifs is 3. The molecule has 3 aliphatic heterocycles. The van der Waals surface area contributed by atoms with Crippen LogP contribution in [-0.4, -0.2) is 69.8 Å². The van der Waals surface area contributed by atoms with Crippen LogP contribution in [0.25, 0.3) is 0 Å². The van der Waals surface area contributed by atoms with Crippen LogP contribution in [0.1, 0.15) is 80.3 Å². The van der Waals surface area contributed by atoms with Crippen LogP contribution in [0.2, 0.25) is 5.02 Å². The number of carbonyl (C=O) groups excluding carboxylic acids is 2. The lowest BCUT2D eigenvalue weighted by atomic mass is 9.65. The number of nitrogens with zero attached hydrogens (tertiary/aromatic N) is 2. The van der Waals surface area contributed by atoms with Crippen molar-refractivity contribution >= 4 is 39.1 Å². The Bertz CT molecular complexity index is 1560. The van der Waals surface area contributed by atoms with Gasteiger partial charge in [-0.15, -0.1) is 0 Å². The van der Waals surface area contributed by atoms with Crippen molar-refractivity contribution in [2.75, 3.05) is 44.3 Å². The largest absolute Gasteiger partial charge is 0.487 e. The molecule has 47 heavy (non-hydrogen) atoms. The average Bonchev–Trinajstić information content (AvgIpc) is 3.08. The number of amides is 2. The molecular formula is C36H48ClN3O6S. The van der Waals surface area contributed by atoms with Crippen LogP contribution in [0.3, 0.4) is 0 Å². The zero-order valence-corrected chi connectivity index (χ0v) is 29.2. The van der Waals surface area contributed by atoms with Crippen LogP contribution in [0.15, 0.2) is 36.4 Å². The topological polar surface area (TPSA) is 105 Å². The fourth-order valence-corrected chi connectivity index (χ4v) is 9.24. The Hall–Kier alpha value is -2.82. The second-order valence-corrected chi connectivity index (χ2v) is 16.4. The summed E-state index contributed by atoms with van der Waals surface area (Å²) >= 11 is 6.35. The molecule has 1 N–H and O–H groups in total. The monoisotopic (exact) mass is 685 g/mol. The van der Waals surface area contributed by atoms with Crippen LogP contribution in [-0.2, 0) is 32.6 Å². The summed E-state index contributed by atoms with van der Waals surface area (Å²) in [6.45, 7) is 7.78. The van der Waals surface area contributed by atoms with Gasteiger partial charge in [-0.1, -0.05) is 31.0 Å². The standard InChI is InChI=1S/C36H48ClN3O6S/c1-24-6-5-8-32(36(42)39-16-18-45-19-17-39)31-13-10-28(31)22-40-15-4-3-7-26-20-30(37)12-9-29(26)23-46-34-14-11-27(21-33(34)40)35(41)38-47(43,44)25(24)2/h9,11-12,14,20-21,24-25,28,31-32H,3-8,10,13,15-19,22-23H2,1-2H3,(H,38,41)/t24?,25?,28?,31?,32-/m0/s1. The molecule has 0 radical (unpaired) electrons. The molecule has 4 aliphatic rings. The van der Waals surface area contributed by atoms with Crippen molar-refractivity contribution in [3.63, 3.8) is 0 Å². The SMILES string of the molecule is CC1CCC[C@H](C(=O)N2CCOCC2)C2CCC2CN2CCCCc3cc(Cl)ccc3COc3ccc(cc32)C(=O)NS(=O)(=O)C1C. The molecule has 2 fully saturated rings. The first kappa shape index (κ1) is 34.1. The van der Waals surface area contributed by atoms with Crippen molar-refractivity contribution in [1.82, 2.24) is 9.62 Å². The number of anilines is 1. The minimum Gasteiger partial charge on any atom is -0.487 e. The molecular weight excluding hydrogens is 638 g/mol. The van der Waals surface area contributed by atoms with Gasteiger partial charge < -0.3 is 19.3 Å². The van der Waals surface area contributed by atoms with Gasteiger partial charge in [0.05, 0.1) is 24.2 Å². The zero-order chi connectivity index (χ0) is 33.1. The third-order valence-electron chi connectivity index (χ3n) is 11.0. The van der Waals surface area contributed by atoms with Crippen molar-refractivity contribution in [1.29, 1.82) is 0 Å². The van der Waals surface area contributed by atoms with E-state index in [-0.39, 0.29) is 29.2 Å². The summed E-state index contributed by atoms with van der Waals surface area (Å²) in [6.07, 6.45) is 6.94. The van der Waals surface area contributed by atoms with Gasteiger partial charge in [-0.3, -0.25) is 9.59 Å². The van der Waals surface area contributed by atoms with Crippen LogP contribution >= 0.6 is 11.6 Å². The average molecular weight is 686 g/mol. The minimum absolute atomic E-state index is 0.108. The molecule has 1 aliphatic carbocycles. The van der Waals surface area contributed by atoms with Gasteiger partial charge >= 0.3 is 0 Å². The molecule has 1 saturated carbocycles. The van der Waals surface area contributed by atoms with E-state index in [2.05, 4.69) is 9.62 Å². The van der Waals surface area contributed by atoms with E-state index in [1.54, 1.807) is 25.1 Å². The molecule has 2 aromatic rings. The summed E-state index contributed by atoms with van der Waals surface area (Å²) in [5.74, 6) is 0.501. The van der Waals surface area contributed by atoms with Crippen LogP contribution in [0, 0.1) is 23.7 Å². The maximum atomic E-state index is 14.1. The van der Waals surface area contributed by atoms with Gasteiger partial charge in [0.2, 0.25) is 15.9 Å².